The molecule has 3 nitrogen and oxygen atoms in total. The van der Waals surface area contributed by atoms with Crippen molar-refractivity contribution >= 4 is 0 Å². The number of aliphatic hydroxyl groups excluding tert-OH is 1. The fraction of sp³-hybridized carbons (Fsp3) is 1.00. The molecule has 0 spiro atoms. The van der Waals surface area contributed by atoms with Crippen molar-refractivity contribution in [1.29, 1.82) is 0 Å². The predicted molar refractivity (Wildman–Crippen MR) is 52.7 cm³/mol. The summed E-state index contributed by atoms with van der Waals surface area (Å²) in [5, 5.41) is 12.5. The predicted octanol–water partition coefficient (Wildman–Crippen LogP) is 0.773. The van der Waals surface area contributed by atoms with Gasteiger partial charge in [-0.15, -0.1) is 0 Å². The van der Waals surface area contributed by atoms with E-state index >= 15 is 0 Å². The molecule has 0 bridgehead atoms. The molecule has 2 atom stereocenters. The highest BCUT2D eigenvalue weighted by Gasteiger charge is 2.13. The second-order valence-electron chi connectivity index (χ2n) is 3.78. The number of hydrogen-bond donors (Lipinski definition) is 2. The third-order valence-electron chi connectivity index (χ3n) is 2.61. The van der Waals surface area contributed by atoms with Crippen LogP contribution < -0.4 is 5.32 Å². The first-order chi connectivity index (χ1) is 6.33. The van der Waals surface area contributed by atoms with Crippen LogP contribution in [-0.2, 0) is 4.74 Å². The molecule has 0 aromatic rings. The van der Waals surface area contributed by atoms with Gasteiger partial charge in [0.2, 0.25) is 0 Å². The summed E-state index contributed by atoms with van der Waals surface area (Å²) in [6.07, 6.45) is 2.91. The van der Waals surface area contributed by atoms with Gasteiger partial charge in [0.25, 0.3) is 0 Å². The largest absolute Gasteiger partial charge is 0.391 e. The van der Waals surface area contributed by atoms with Crippen LogP contribution in [0.3, 0.4) is 0 Å². The first-order valence-corrected chi connectivity index (χ1v) is 5.29. The highest BCUT2D eigenvalue weighted by molar-refractivity contribution is 4.70. The van der Waals surface area contributed by atoms with Crippen molar-refractivity contribution in [3.8, 4) is 0 Å². The molecule has 0 saturated carbocycles. The second kappa shape index (κ2) is 6.35. The Kier molecular flexibility index (Phi) is 5.35. The van der Waals surface area contributed by atoms with Gasteiger partial charge in [0.1, 0.15) is 0 Å². The maximum absolute atomic E-state index is 9.21. The lowest BCUT2D eigenvalue weighted by Crippen LogP contribution is -2.16. The van der Waals surface area contributed by atoms with Crippen LogP contribution in [0.2, 0.25) is 0 Å². The van der Waals surface area contributed by atoms with Crippen LogP contribution in [0.5, 0.6) is 0 Å². The summed E-state index contributed by atoms with van der Waals surface area (Å²) in [7, 11) is 0. The van der Waals surface area contributed by atoms with Gasteiger partial charge in [0, 0.05) is 6.61 Å². The van der Waals surface area contributed by atoms with E-state index in [1.807, 2.05) is 6.92 Å². The normalized spacial score (nSPS) is 24.9. The zero-order valence-electron chi connectivity index (χ0n) is 8.46. The molecule has 1 rings (SSSR count). The minimum absolute atomic E-state index is 0.276. The molecule has 0 radical (unpaired) electrons. The molecular formula is C10H21NO2. The standard InChI is InChI=1S/C10H21NO2/c1-2-10(12)8-13-6-4-9-3-5-11-7-9/h9-12H,2-8H2,1H3. The van der Waals surface area contributed by atoms with Crippen molar-refractivity contribution < 1.29 is 9.84 Å². The van der Waals surface area contributed by atoms with Gasteiger partial charge in [-0.05, 0) is 38.3 Å². The monoisotopic (exact) mass is 187 g/mol. The minimum atomic E-state index is -0.276. The quantitative estimate of drug-likeness (QED) is 0.604. The molecule has 2 N–H and O–H groups in total. The molecule has 1 saturated heterocycles. The fourth-order valence-electron chi connectivity index (χ4n) is 1.55. The van der Waals surface area contributed by atoms with Crippen LogP contribution in [-0.4, -0.2) is 37.5 Å². The molecule has 0 aromatic heterocycles. The third-order valence-corrected chi connectivity index (χ3v) is 2.61. The highest BCUT2D eigenvalue weighted by Crippen LogP contribution is 2.11. The van der Waals surface area contributed by atoms with Crippen molar-refractivity contribution in [3.63, 3.8) is 0 Å². The maximum atomic E-state index is 9.21. The van der Waals surface area contributed by atoms with Crippen molar-refractivity contribution in [3.05, 3.63) is 0 Å². The summed E-state index contributed by atoms with van der Waals surface area (Å²) >= 11 is 0. The molecule has 3 heteroatoms. The minimum Gasteiger partial charge on any atom is -0.391 e. The van der Waals surface area contributed by atoms with Crippen molar-refractivity contribution in [2.24, 2.45) is 5.92 Å². The van der Waals surface area contributed by atoms with Gasteiger partial charge >= 0.3 is 0 Å². The van der Waals surface area contributed by atoms with Crippen LogP contribution in [0, 0.1) is 5.92 Å². The Balaban J connectivity index is 1.88. The van der Waals surface area contributed by atoms with E-state index in [0.717, 1.165) is 38.5 Å². The molecule has 78 valence electrons. The van der Waals surface area contributed by atoms with Crippen LogP contribution in [0.1, 0.15) is 26.2 Å². The van der Waals surface area contributed by atoms with E-state index < -0.39 is 0 Å². The smallest absolute Gasteiger partial charge is 0.0771 e. The summed E-state index contributed by atoms with van der Waals surface area (Å²) in [5.41, 5.74) is 0. The Bertz CT molecular complexity index is 124. The zero-order valence-corrected chi connectivity index (χ0v) is 8.46. The average molecular weight is 187 g/mol. The molecule has 2 unspecified atom stereocenters. The number of hydrogen-bond acceptors (Lipinski definition) is 3. The fourth-order valence-corrected chi connectivity index (χ4v) is 1.55. The molecule has 0 aliphatic carbocycles. The Labute approximate surface area is 80.5 Å². The summed E-state index contributed by atoms with van der Waals surface area (Å²) < 4.78 is 5.37. The zero-order chi connectivity index (χ0) is 9.52. The molecule has 1 aliphatic heterocycles. The van der Waals surface area contributed by atoms with Crippen LogP contribution in [0.4, 0.5) is 0 Å². The van der Waals surface area contributed by atoms with E-state index in [-0.39, 0.29) is 6.10 Å². The van der Waals surface area contributed by atoms with Gasteiger partial charge in [-0.25, -0.2) is 0 Å². The Morgan fingerprint density at radius 1 is 1.62 bits per heavy atom. The molecule has 1 heterocycles. The van der Waals surface area contributed by atoms with Gasteiger partial charge in [0.15, 0.2) is 0 Å². The van der Waals surface area contributed by atoms with Crippen LogP contribution >= 0.6 is 0 Å². The average Bonchev–Trinajstić information content (AvgIpc) is 2.64. The number of aliphatic hydroxyl groups is 1. The van der Waals surface area contributed by atoms with Gasteiger partial charge in [-0.1, -0.05) is 6.92 Å². The first-order valence-electron chi connectivity index (χ1n) is 5.29. The lowest BCUT2D eigenvalue weighted by molar-refractivity contribution is 0.0305. The van der Waals surface area contributed by atoms with Gasteiger partial charge < -0.3 is 15.2 Å². The first kappa shape index (κ1) is 11.0. The van der Waals surface area contributed by atoms with E-state index in [9.17, 15) is 5.11 Å². The maximum Gasteiger partial charge on any atom is 0.0771 e. The molecular weight excluding hydrogens is 166 g/mol. The summed E-state index contributed by atoms with van der Waals surface area (Å²) in [6, 6.07) is 0. The topological polar surface area (TPSA) is 41.5 Å². The molecule has 1 fully saturated rings. The SMILES string of the molecule is CCC(O)COCCC1CCNC1. The lowest BCUT2D eigenvalue weighted by Gasteiger charge is -2.11. The van der Waals surface area contributed by atoms with Crippen LogP contribution in [0.15, 0.2) is 0 Å². The van der Waals surface area contributed by atoms with E-state index in [2.05, 4.69) is 5.32 Å². The Hall–Kier alpha value is -0.120. The van der Waals surface area contributed by atoms with Gasteiger partial charge in [-0.3, -0.25) is 0 Å². The lowest BCUT2D eigenvalue weighted by atomic mass is 10.1. The summed E-state index contributed by atoms with van der Waals surface area (Å²) in [4.78, 5) is 0. The summed E-state index contributed by atoms with van der Waals surface area (Å²) in [6.45, 7) is 5.55. The van der Waals surface area contributed by atoms with Crippen molar-refractivity contribution in [1.82, 2.24) is 5.32 Å². The van der Waals surface area contributed by atoms with Gasteiger partial charge in [0.05, 0.1) is 12.7 Å². The molecule has 13 heavy (non-hydrogen) atoms. The van der Waals surface area contributed by atoms with E-state index in [1.54, 1.807) is 0 Å². The van der Waals surface area contributed by atoms with E-state index in [1.165, 1.54) is 6.42 Å². The number of ether oxygens (including phenoxy) is 1. The van der Waals surface area contributed by atoms with E-state index in [4.69, 9.17) is 4.74 Å². The van der Waals surface area contributed by atoms with E-state index in [0.29, 0.717) is 6.61 Å². The van der Waals surface area contributed by atoms with Crippen molar-refractivity contribution in [2.45, 2.75) is 32.3 Å². The number of nitrogens with one attached hydrogen (secondary N) is 1. The van der Waals surface area contributed by atoms with Crippen LogP contribution in [0.25, 0.3) is 0 Å². The van der Waals surface area contributed by atoms with Gasteiger partial charge in [-0.2, -0.15) is 0 Å². The molecule has 0 amide bonds. The Morgan fingerprint density at radius 3 is 3.08 bits per heavy atom. The summed E-state index contributed by atoms with van der Waals surface area (Å²) in [5.74, 6) is 0.791. The van der Waals surface area contributed by atoms with Crippen molar-refractivity contribution in [2.75, 3.05) is 26.3 Å². The highest BCUT2D eigenvalue weighted by atomic mass is 16.5. The number of rotatable bonds is 6. The third kappa shape index (κ3) is 4.60. The molecule has 0 aromatic carbocycles. The Morgan fingerprint density at radius 2 is 2.46 bits per heavy atom. The molecule has 1 aliphatic rings. The second-order valence-corrected chi connectivity index (χ2v) is 3.78.